The normalized spacial score (nSPS) is 21.8. The molecule has 4 atom stereocenters. The van der Waals surface area contributed by atoms with E-state index in [2.05, 4.69) is 69.0 Å². The molecule has 2 fully saturated rings. The summed E-state index contributed by atoms with van der Waals surface area (Å²) in [6, 6.07) is 14.9. The largest absolute Gasteiger partial charge is 0.438 e. The number of carbonyl (C=O) groups excluding carboxylic acids is 1. The molecule has 1 saturated heterocycles. The predicted molar refractivity (Wildman–Crippen MR) is 237 cm³/mol. The van der Waals surface area contributed by atoms with E-state index >= 15 is 13.6 Å². The molecule has 64 heavy (non-hydrogen) atoms. The number of rotatable bonds is 7. The minimum absolute atomic E-state index is 0.0273. The van der Waals surface area contributed by atoms with E-state index in [-0.39, 0.29) is 34.7 Å². The Morgan fingerprint density at radius 3 is 2.44 bits per heavy atom. The number of aromatic nitrogens is 9. The number of amides is 1. The van der Waals surface area contributed by atoms with Gasteiger partial charge in [0.25, 0.3) is 5.91 Å². The lowest BCUT2D eigenvalue weighted by Crippen LogP contribution is -2.41. The SMILES string of the molecule is Cc1cc(-n2nc3c(c2-c2nnc(-c4ccc5c(cnn5C)c4F)s2)[C@H](C)N(C(=O)c2cc4cc([C@H]5CCOC(C)(C)C5)ccc4n2[C@@]2(c4noc(=O)[nH]4)C[C@@H]2C)CC3)cc(C)c1F. The van der Waals surface area contributed by atoms with E-state index in [0.29, 0.717) is 80.9 Å². The highest BCUT2D eigenvalue weighted by Crippen LogP contribution is 2.56. The number of nitrogens with one attached hydrogen (secondary N) is 1. The first-order valence-corrected chi connectivity index (χ1v) is 22.5. The molecule has 7 heterocycles. The number of nitrogens with zero attached hydrogens (tertiary/aromatic N) is 9. The molecule has 1 aliphatic carbocycles. The summed E-state index contributed by atoms with van der Waals surface area (Å²) in [5.41, 5.74) is 6.03. The van der Waals surface area contributed by atoms with Gasteiger partial charge in [-0.15, -0.1) is 10.2 Å². The number of aromatic amines is 1. The molecule has 3 aliphatic rings. The maximum Gasteiger partial charge on any atom is 0.438 e. The van der Waals surface area contributed by atoms with Gasteiger partial charge in [-0.3, -0.25) is 19.0 Å². The van der Waals surface area contributed by atoms with Gasteiger partial charge in [-0.05, 0) is 125 Å². The van der Waals surface area contributed by atoms with Gasteiger partial charge in [0.2, 0.25) is 0 Å². The van der Waals surface area contributed by atoms with Gasteiger partial charge in [0, 0.05) is 48.6 Å². The first-order chi connectivity index (χ1) is 30.6. The van der Waals surface area contributed by atoms with Crippen molar-refractivity contribution in [3.05, 3.63) is 116 Å². The van der Waals surface area contributed by atoms with Crippen LogP contribution in [0.25, 0.3) is 48.8 Å². The zero-order chi connectivity index (χ0) is 44.6. The molecule has 8 aromatic rings. The van der Waals surface area contributed by atoms with Crippen LogP contribution in [0.4, 0.5) is 8.78 Å². The monoisotopic (exact) mass is 884 g/mol. The molecule has 1 saturated carbocycles. The second kappa shape index (κ2) is 14.3. The Labute approximate surface area is 369 Å². The molecular weight excluding hydrogens is 839 g/mol. The van der Waals surface area contributed by atoms with E-state index in [0.717, 1.165) is 35.0 Å². The van der Waals surface area contributed by atoms with E-state index in [4.69, 9.17) is 14.4 Å². The highest BCUT2D eigenvalue weighted by atomic mass is 32.1. The summed E-state index contributed by atoms with van der Waals surface area (Å²) >= 11 is 1.22. The summed E-state index contributed by atoms with van der Waals surface area (Å²) < 4.78 is 47.7. The number of hydrogen-bond donors (Lipinski definition) is 1. The maximum atomic E-state index is 16.1. The Hall–Kier alpha value is -6.33. The van der Waals surface area contributed by atoms with E-state index in [1.54, 1.807) is 48.5 Å². The molecule has 1 N–H and O–H groups in total. The number of aryl methyl sites for hydroxylation is 3. The van der Waals surface area contributed by atoms with Gasteiger partial charge in [-0.25, -0.2) is 18.3 Å². The van der Waals surface area contributed by atoms with Crippen molar-refractivity contribution in [2.24, 2.45) is 13.0 Å². The second-order valence-electron chi connectivity index (χ2n) is 18.4. The summed E-state index contributed by atoms with van der Waals surface area (Å²) in [5.74, 6) is -0.921. The van der Waals surface area contributed by atoms with Crippen LogP contribution in [0.1, 0.15) is 103 Å². The highest BCUT2D eigenvalue weighted by Gasteiger charge is 2.59. The maximum absolute atomic E-state index is 16.1. The van der Waals surface area contributed by atoms with Gasteiger partial charge < -0.3 is 14.2 Å². The number of benzene rings is 3. The number of ether oxygens (including phenoxy) is 1. The molecule has 14 nitrogen and oxygen atoms in total. The summed E-state index contributed by atoms with van der Waals surface area (Å²) in [5, 5.41) is 24.8. The van der Waals surface area contributed by atoms with Crippen LogP contribution in [-0.2, 0) is 23.7 Å². The third-order valence-corrected chi connectivity index (χ3v) is 14.8. The molecule has 11 rings (SSSR count). The van der Waals surface area contributed by atoms with Crippen molar-refractivity contribution >= 4 is 39.0 Å². The fraction of sp³-hybridized carbons (Fsp3) is 0.383. The fourth-order valence-electron chi connectivity index (χ4n) is 10.5. The lowest BCUT2D eigenvalue weighted by Gasteiger charge is -2.35. The van der Waals surface area contributed by atoms with Crippen molar-refractivity contribution in [1.82, 2.24) is 49.4 Å². The molecule has 0 unspecified atom stereocenters. The van der Waals surface area contributed by atoms with Crippen LogP contribution in [0.2, 0.25) is 0 Å². The number of H-pyrrole nitrogens is 1. The number of halogens is 2. The van der Waals surface area contributed by atoms with Crippen molar-refractivity contribution in [1.29, 1.82) is 0 Å². The molecule has 2 aliphatic heterocycles. The number of carbonyl (C=O) groups is 1. The Morgan fingerprint density at radius 2 is 1.72 bits per heavy atom. The molecule has 17 heteroatoms. The van der Waals surface area contributed by atoms with Crippen molar-refractivity contribution in [2.75, 3.05) is 13.2 Å². The molecular formula is C47H46F2N10O4S. The topological polar surface area (TPSA) is 155 Å². The first-order valence-electron chi connectivity index (χ1n) is 21.6. The van der Waals surface area contributed by atoms with Crippen molar-refractivity contribution in [3.8, 4) is 27.0 Å². The second-order valence-corrected chi connectivity index (χ2v) is 19.4. The van der Waals surface area contributed by atoms with Crippen LogP contribution in [0.5, 0.6) is 0 Å². The summed E-state index contributed by atoms with van der Waals surface area (Å²) in [4.78, 5) is 32.6. The van der Waals surface area contributed by atoms with Gasteiger partial charge in [-0.1, -0.05) is 29.5 Å². The third kappa shape index (κ3) is 6.14. The Balaban J connectivity index is 1.04. The zero-order valence-electron chi connectivity index (χ0n) is 36.5. The third-order valence-electron chi connectivity index (χ3n) is 13.9. The summed E-state index contributed by atoms with van der Waals surface area (Å²) in [7, 11) is 1.76. The molecule has 0 bridgehead atoms. The minimum atomic E-state index is -0.823. The minimum Gasteiger partial charge on any atom is -0.376 e. The summed E-state index contributed by atoms with van der Waals surface area (Å²) in [6.45, 7) is 12.8. The van der Waals surface area contributed by atoms with E-state index in [1.165, 1.54) is 23.1 Å². The zero-order valence-corrected chi connectivity index (χ0v) is 37.3. The highest BCUT2D eigenvalue weighted by molar-refractivity contribution is 7.17. The molecule has 1 amide bonds. The standard InChI is InChI=1S/C47H46F2N10O4S/c1-23-16-30(17-24(2)38(23)48)59-40(42-53-52-41(64-42)31-9-11-35-32(39(31)49)22-50-56(35)7)37-26(4)57(14-12-33(37)54-59)43(60)36-19-29-18-27(28-13-15-62-46(5,6)21-28)8-10-34(29)58(36)47(20-25(47)3)44-51-45(61)63-55-44/h8-11,16-19,22,25-26,28H,12-15,20-21H2,1-7H3,(H,51,55,61)/t25-,26-,28-,47-/m0/s1. The molecule has 5 aromatic heterocycles. The van der Waals surface area contributed by atoms with Crippen molar-refractivity contribution < 1.29 is 22.8 Å². The van der Waals surface area contributed by atoms with Gasteiger partial charge in [0.05, 0.1) is 40.1 Å². The molecule has 0 spiro atoms. The quantitative estimate of drug-likeness (QED) is 0.166. The lowest BCUT2D eigenvalue weighted by atomic mass is 9.83. The molecule has 3 aromatic carbocycles. The predicted octanol–water partition coefficient (Wildman–Crippen LogP) is 8.69. The summed E-state index contributed by atoms with van der Waals surface area (Å²) in [6.07, 6.45) is 4.32. The van der Waals surface area contributed by atoms with Crippen LogP contribution in [-0.4, -0.2) is 74.0 Å². The van der Waals surface area contributed by atoms with E-state index < -0.39 is 23.2 Å². The Bertz CT molecular complexity index is 3260. The van der Waals surface area contributed by atoms with Gasteiger partial charge in [-0.2, -0.15) is 10.2 Å². The van der Waals surface area contributed by atoms with Crippen molar-refractivity contribution in [3.63, 3.8) is 0 Å². The van der Waals surface area contributed by atoms with Gasteiger partial charge in [0.1, 0.15) is 28.6 Å². The average molecular weight is 885 g/mol. The average Bonchev–Trinajstić information content (AvgIpc) is 3.94. The van der Waals surface area contributed by atoms with E-state index in [9.17, 15) is 4.79 Å². The van der Waals surface area contributed by atoms with Crippen LogP contribution in [0, 0.1) is 31.4 Å². The van der Waals surface area contributed by atoms with Gasteiger partial charge >= 0.3 is 5.76 Å². The Kier molecular flexibility index (Phi) is 9.06. The van der Waals surface area contributed by atoms with Gasteiger partial charge in [0.15, 0.2) is 15.8 Å². The van der Waals surface area contributed by atoms with Crippen LogP contribution in [0.15, 0.2) is 64.0 Å². The van der Waals surface area contributed by atoms with Crippen molar-refractivity contribution in [2.45, 2.75) is 90.3 Å². The lowest BCUT2D eigenvalue weighted by molar-refractivity contribution is -0.0592. The molecule has 0 radical (unpaired) electrons. The smallest absolute Gasteiger partial charge is 0.376 e. The number of hydrogen-bond acceptors (Lipinski definition) is 10. The Morgan fingerprint density at radius 1 is 0.969 bits per heavy atom. The van der Waals surface area contributed by atoms with E-state index in [1.807, 2.05) is 24.0 Å². The first kappa shape index (κ1) is 40.4. The van der Waals surface area contributed by atoms with Crippen LogP contribution < -0.4 is 5.76 Å². The van der Waals surface area contributed by atoms with Crippen LogP contribution in [0.3, 0.4) is 0 Å². The fourth-order valence-corrected chi connectivity index (χ4v) is 11.4. The van der Waals surface area contributed by atoms with Crippen LogP contribution >= 0.6 is 11.3 Å². The number of fused-ring (bicyclic) bond motifs is 3. The molecule has 328 valence electrons.